The van der Waals surface area contributed by atoms with Crippen molar-refractivity contribution >= 4 is 28.8 Å². The molecule has 1 N–H and O–H groups in total. The number of nitrogens with zero attached hydrogens (tertiary/aromatic N) is 2. The molecule has 3 heterocycles. The molecule has 5 nitrogen and oxygen atoms in total. The van der Waals surface area contributed by atoms with Gasteiger partial charge in [-0.1, -0.05) is 0 Å². The summed E-state index contributed by atoms with van der Waals surface area (Å²) in [6, 6.07) is 1.96. The molecule has 3 rings (SSSR count). The van der Waals surface area contributed by atoms with Gasteiger partial charge in [0.25, 0.3) is 0 Å². The van der Waals surface area contributed by atoms with Gasteiger partial charge in [-0.05, 0) is 23.8 Å². The zero-order valence-corrected chi connectivity index (χ0v) is 12.0. The second-order valence-electron chi connectivity index (χ2n) is 5.40. The molecule has 0 spiro atoms. The van der Waals surface area contributed by atoms with Crippen LogP contribution in [0.5, 0.6) is 0 Å². The zero-order chi connectivity index (χ0) is 14.1. The maximum atomic E-state index is 12.6. The van der Waals surface area contributed by atoms with E-state index in [4.69, 9.17) is 5.11 Å². The van der Waals surface area contributed by atoms with Gasteiger partial charge in [-0.15, -0.1) is 0 Å². The number of carbonyl (C=O) groups excluding carboxylic acids is 2. The molecule has 20 heavy (non-hydrogen) atoms. The van der Waals surface area contributed by atoms with Crippen LogP contribution in [0, 0.1) is 11.8 Å². The summed E-state index contributed by atoms with van der Waals surface area (Å²) < 4.78 is 0. The third kappa shape index (κ3) is 2.33. The third-order valence-electron chi connectivity index (χ3n) is 4.24. The summed E-state index contributed by atoms with van der Waals surface area (Å²) in [6.45, 7) is 1.77. The first kappa shape index (κ1) is 13.6. The Bertz CT molecular complexity index is 503. The molecule has 108 valence electrons. The number of anilines is 1. The van der Waals surface area contributed by atoms with E-state index in [0.29, 0.717) is 13.1 Å². The molecule has 2 fully saturated rings. The lowest BCUT2D eigenvalue weighted by Gasteiger charge is -2.33. The van der Waals surface area contributed by atoms with Crippen LogP contribution in [-0.4, -0.2) is 48.1 Å². The molecule has 2 aliphatic heterocycles. The van der Waals surface area contributed by atoms with Crippen LogP contribution in [0.15, 0.2) is 16.8 Å². The molecule has 1 aromatic rings. The van der Waals surface area contributed by atoms with Gasteiger partial charge in [-0.3, -0.25) is 9.59 Å². The lowest BCUT2D eigenvalue weighted by molar-refractivity contribution is -0.131. The number of piperidine rings is 1. The maximum Gasteiger partial charge on any atom is 0.232 e. The second-order valence-corrected chi connectivity index (χ2v) is 6.18. The van der Waals surface area contributed by atoms with Gasteiger partial charge in [0.2, 0.25) is 11.8 Å². The Balaban J connectivity index is 1.71. The van der Waals surface area contributed by atoms with Gasteiger partial charge in [0.15, 0.2) is 0 Å². The van der Waals surface area contributed by atoms with E-state index >= 15 is 0 Å². The average Bonchev–Trinajstić information content (AvgIpc) is 3.08. The van der Waals surface area contributed by atoms with Crippen LogP contribution in [-0.2, 0) is 9.59 Å². The maximum absolute atomic E-state index is 12.6. The van der Waals surface area contributed by atoms with Gasteiger partial charge in [0, 0.05) is 31.4 Å². The van der Waals surface area contributed by atoms with E-state index in [-0.39, 0.29) is 36.7 Å². The Morgan fingerprint density at radius 1 is 1.45 bits per heavy atom. The summed E-state index contributed by atoms with van der Waals surface area (Å²) in [4.78, 5) is 28.0. The van der Waals surface area contributed by atoms with Crippen LogP contribution >= 0.6 is 11.3 Å². The highest BCUT2D eigenvalue weighted by atomic mass is 32.1. The highest BCUT2D eigenvalue weighted by molar-refractivity contribution is 7.08. The van der Waals surface area contributed by atoms with Crippen molar-refractivity contribution in [3.8, 4) is 0 Å². The minimum Gasteiger partial charge on any atom is -0.396 e. The number of likely N-dealkylation sites (tertiary alicyclic amines) is 1. The van der Waals surface area contributed by atoms with Crippen molar-refractivity contribution in [2.45, 2.75) is 12.8 Å². The van der Waals surface area contributed by atoms with Gasteiger partial charge in [-0.25, -0.2) is 0 Å². The largest absolute Gasteiger partial charge is 0.396 e. The molecule has 2 saturated heterocycles. The number of aliphatic hydroxyl groups excluding tert-OH is 1. The Hall–Kier alpha value is -1.40. The van der Waals surface area contributed by atoms with Crippen LogP contribution in [0.25, 0.3) is 0 Å². The third-order valence-corrected chi connectivity index (χ3v) is 4.91. The van der Waals surface area contributed by atoms with E-state index in [1.165, 1.54) is 0 Å². The predicted molar refractivity (Wildman–Crippen MR) is 76.6 cm³/mol. The minimum atomic E-state index is -0.125. The van der Waals surface area contributed by atoms with Crippen molar-refractivity contribution in [3.63, 3.8) is 0 Å². The lowest BCUT2D eigenvalue weighted by atomic mass is 9.88. The van der Waals surface area contributed by atoms with Crippen molar-refractivity contribution in [2.75, 3.05) is 31.1 Å². The predicted octanol–water partition coefficient (Wildman–Crippen LogP) is 0.942. The van der Waals surface area contributed by atoms with Crippen molar-refractivity contribution in [1.82, 2.24) is 4.90 Å². The first-order valence-electron chi connectivity index (χ1n) is 6.93. The SMILES string of the molecule is O=C(CCO)N1C[C@H]2CCN(c3ccsc3)C(=O)[C@@H]2C1. The van der Waals surface area contributed by atoms with Gasteiger partial charge < -0.3 is 14.9 Å². The van der Waals surface area contributed by atoms with Crippen molar-refractivity contribution in [2.24, 2.45) is 11.8 Å². The molecule has 1 aromatic heterocycles. The van der Waals surface area contributed by atoms with E-state index in [1.54, 1.807) is 16.2 Å². The summed E-state index contributed by atoms with van der Waals surface area (Å²) in [5.41, 5.74) is 0.971. The molecule has 0 aromatic carbocycles. The molecule has 2 aliphatic rings. The van der Waals surface area contributed by atoms with Gasteiger partial charge in [0.1, 0.15) is 0 Å². The molecule has 0 saturated carbocycles. The monoisotopic (exact) mass is 294 g/mol. The van der Waals surface area contributed by atoms with Crippen molar-refractivity contribution in [1.29, 1.82) is 0 Å². The van der Waals surface area contributed by atoms with Crippen molar-refractivity contribution in [3.05, 3.63) is 16.8 Å². The Kier molecular flexibility index (Phi) is 3.76. The first-order chi connectivity index (χ1) is 9.70. The summed E-state index contributed by atoms with van der Waals surface area (Å²) in [5, 5.41) is 12.8. The highest BCUT2D eigenvalue weighted by Gasteiger charge is 2.44. The molecular formula is C14H18N2O3S. The number of rotatable bonds is 3. The average molecular weight is 294 g/mol. The number of hydrogen-bond acceptors (Lipinski definition) is 4. The number of hydrogen-bond donors (Lipinski definition) is 1. The molecule has 0 aliphatic carbocycles. The van der Waals surface area contributed by atoms with Crippen LogP contribution in [0.2, 0.25) is 0 Å². The smallest absolute Gasteiger partial charge is 0.232 e. The fourth-order valence-corrected chi connectivity index (χ4v) is 3.82. The quantitative estimate of drug-likeness (QED) is 0.902. The molecule has 0 radical (unpaired) electrons. The van der Waals surface area contributed by atoms with E-state index < -0.39 is 0 Å². The summed E-state index contributed by atoms with van der Waals surface area (Å²) in [6.07, 6.45) is 1.09. The van der Waals surface area contributed by atoms with E-state index in [9.17, 15) is 9.59 Å². The molecule has 0 bridgehead atoms. The summed E-state index contributed by atoms with van der Waals surface area (Å²) in [7, 11) is 0. The van der Waals surface area contributed by atoms with E-state index in [2.05, 4.69) is 0 Å². The Morgan fingerprint density at radius 2 is 2.30 bits per heavy atom. The number of fused-ring (bicyclic) bond motifs is 1. The summed E-state index contributed by atoms with van der Waals surface area (Å²) in [5.74, 6) is 0.294. The lowest BCUT2D eigenvalue weighted by Crippen LogP contribution is -2.45. The first-order valence-corrected chi connectivity index (χ1v) is 7.87. The topological polar surface area (TPSA) is 60.9 Å². The molecule has 2 atom stereocenters. The van der Waals surface area contributed by atoms with E-state index in [0.717, 1.165) is 18.7 Å². The number of aliphatic hydroxyl groups is 1. The minimum absolute atomic E-state index is 0.0446. The Morgan fingerprint density at radius 3 is 3.00 bits per heavy atom. The standard InChI is InChI=1S/C14H18N2O3S/c17-5-2-13(18)15-7-10-1-4-16(11-3-6-20-9-11)14(19)12(10)8-15/h3,6,9-10,12,17H,1-2,4-5,7-8H2/t10-,12-/m1/s1. The van der Waals surface area contributed by atoms with Crippen molar-refractivity contribution < 1.29 is 14.7 Å². The molecule has 6 heteroatoms. The normalized spacial score (nSPS) is 25.9. The van der Waals surface area contributed by atoms with Crippen LogP contribution in [0.3, 0.4) is 0 Å². The molecular weight excluding hydrogens is 276 g/mol. The fourth-order valence-electron chi connectivity index (χ4n) is 3.17. The van der Waals surface area contributed by atoms with Crippen LogP contribution in [0.1, 0.15) is 12.8 Å². The number of carbonyl (C=O) groups is 2. The van der Waals surface area contributed by atoms with Gasteiger partial charge in [0.05, 0.1) is 18.2 Å². The number of amides is 2. The second kappa shape index (κ2) is 5.54. The highest BCUT2D eigenvalue weighted by Crippen LogP contribution is 2.35. The van der Waals surface area contributed by atoms with Crippen LogP contribution < -0.4 is 4.90 Å². The Labute approximate surface area is 121 Å². The van der Waals surface area contributed by atoms with Crippen LogP contribution in [0.4, 0.5) is 5.69 Å². The van der Waals surface area contributed by atoms with E-state index in [1.807, 2.05) is 21.7 Å². The molecule has 2 amide bonds. The zero-order valence-electron chi connectivity index (χ0n) is 11.2. The van der Waals surface area contributed by atoms with Gasteiger partial charge in [-0.2, -0.15) is 11.3 Å². The molecule has 0 unspecified atom stereocenters. The number of thiophene rings is 1. The summed E-state index contributed by atoms with van der Waals surface area (Å²) >= 11 is 1.59. The van der Waals surface area contributed by atoms with Gasteiger partial charge >= 0.3 is 0 Å². The fraction of sp³-hybridized carbons (Fsp3) is 0.571.